The van der Waals surface area contributed by atoms with E-state index >= 15 is 0 Å². The Morgan fingerprint density at radius 2 is 2.27 bits per heavy atom. The third-order valence-electron chi connectivity index (χ3n) is 3.50. The average Bonchev–Trinajstić information content (AvgIpc) is 2.76. The fourth-order valence-corrected chi connectivity index (χ4v) is 2.45. The predicted molar refractivity (Wildman–Crippen MR) is 67.2 cm³/mol. The maximum atomic E-state index is 12.8. The minimum absolute atomic E-state index is 0.0308. The number of ether oxygens (including phenoxy) is 1. The van der Waals surface area contributed by atoms with Crippen molar-refractivity contribution in [2.24, 2.45) is 5.41 Å². The standard InChI is InChI=1S/C12H13F3N4O3/c1-22-10(21)11(3-6-2-8(16)19-17-5-6)4-7(12(13,14)15)18-9(11)20/h2,5,7H,3-4H2,1H3,(H2,16,19)(H,18,20)/t7-,11?/m0/s1. The lowest BCUT2D eigenvalue weighted by atomic mass is 9.79. The fourth-order valence-electron chi connectivity index (χ4n) is 2.45. The summed E-state index contributed by atoms with van der Waals surface area (Å²) < 4.78 is 43.1. The Kier molecular flexibility index (Phi) is 3.94. The van der Waals surface area contributed by atoms with Crippen LogP contribution in [0.5, 0.6) is 0 Å². The first kappa shape index (κ1) is 16.0. The maximum Gasteiger partial charge on any atom is 0.408 e. The summed E-state index contributed by atoms with van der Waals surface area (Å²) in [5.41, 5.74) is 3.79. The molecule has 2 heterocycles. The van der Waals surface area contributed by atoms with Crippen molar-refractivity contribution in [1.29, 1.82) is 0 Å². The molecule has 1 aliphatic rings. The number of amides is 1. The number of nitrogens with two attached hydrogens (primary N) is 1. The third-order valence-corrected chi connectivity index (χ3v) is 3.50. The summed E-state index contributed by atoms with van der Waals surface area (Å²) in [6.07, 6.45) is -4.47. The van der Waals surface area contributed by atoms with Gasteiger partial charge in [0, 0.05) is 6.42 Å². The van der Waals surface area contributed by atoms with E-state index in [1.807, 2.05) is 0 Å². The number of rotatable bonds is 3. The van der Waals surface area contributed by atoms with Crippen molar-refractivity contribution in [3.8, 4) is 0 Å². The molecule has 1 aromatic rings. The van der Waals surface area contributed by atoms with Crippen molar-refractivity contribution in [3.63, 3.8) is 0 Å². The number of hydrogen-bond acceptors (Lipinski definition) is 6. The average molecular weight is 318 g/mol. The van der Waals surface area contributed by atoms with Gasteiger partial charge in [0.05, 0.1) is 13.3 Å². The number of esters is 1. The molecule has 1 aromatic heterocycles. The molecule has 2 atom stereocenters. The molecule has 0 bridgehead atoms. The highest BCUT2D eigenvalue weighted by Gasteiger charge is 2.60. The molecule has 10 heteroatoms. The van der Waals surface area contributed by atoms with E-state index in [-0.39, 0.29) is 12.2 Å². The van der Waals surface area contributed by atoms with Crippen molar-refractivity contribution >= 4 is 17.7 Å². The quantitative estimate of drug-likeness (QED) is 0.609. The topological polar surface area (TPSA) is 107 Å². The van der Waals surface area contributed by atoms with E-state index in [1.54, 1.807) is 5.32 Å². The molecule has 1 saturated heterocycles. The van der Waals surface area contributed by atoms with Crippen LogP contribution in [0.25, 0.3) is 0 Å². The number of carbonyl (C=O) groups is 2. The number of anilines is 1. The van der Waals surface area contributed by atoms with Crippen LogP contribution in [0.2, 0.25) is 0 Å². The second kappa shape index (κ2) is 5.43. The van der Waals surface area contributed by atoms with E-state index < -0.39 is 35.9 Å². The summed E-state index contributed by atoms with van der Waals surface area (Å²) in [4.78, 5) is 24.1. The van der Waals surface area contributed by atoms with Crippen LogP contribution in [0.1, 0.15) is 12.0 Å². The molecule has 22 heavy (non-hydrogen) atoms. The van der Waals surface area contributed by atoms with Gasteiger partial charge in [-0.25, -0.2) is 0 Å². The molecule has 0 aromatic carbocycles. The molecule has 0 radical (unpaired) electrons. The number of aromatic nitrogens is 2. The molecule has 1 unspecified atom stereocenters. The lowest BCUT2D eigenvalue weighted by molar-refractivity contribution is -0.159. The predicted octanol–water partition coefficient (Wildman–Crippen LogP) is 0.211. The van der Waals surface area contributed by atoms with Crippen molar-refractivity contribution in [2.45, 2.75) is 25.1 Å². The van der Waals surface area contributed by atoms with Gasteiger partial charge < -0.3 is 15.8 Å². The smallest absolute Gasteiger partial charge is 0.408 e. The summed E-state index contributed by atoms with van der Waals surface area (Å²) in [7, 11) is 1.01. The van der Waals surface area contributed by atoms with Gasteiger partial charge >= 0.3 is 12.1 Å². The van der Waals surface area contributed by atoms with Crippen molar-refractivity contribution < 1.29 is 27.5 Å². The molecule has 3 N–H and O–H groups in total. The van der Waals surface area contributed by atoms with Gasteiger partial charge in [0.1, 0.15) is 11.9 Å². The molecule has 7 nitrogen and oxygen atoms in total. The fraction of sp³-hybridized carbons (Fsp3) is 0.500. The highest BCUT2D eigenvalue weighted by molar-refractivity contribution is 6.04. The molecule has 1 amide bonds. The first-order chi connectivity index (χ1) is 10.2. The highest BCUT2D eigenvalue weighted by atomic mass is 19.4. The van der Waals surface area contributed by atoms with Crippen molar-refractivity contribution in [2.75, 3.05) is 12.8 Å². The van der Waals surface area contributed by atoms with Gasteiger partial charge in [-0.2, -0.15) is 18.3 Å². The van der Waals surface area contributed by atoms with E-state index in [4.69, 9.17) is 5.73 Å². The second-order valence-corrected chi connectivity index (χ2v) is 5.01. The van der Waals surface area contributed by atoms with Gasteiger partial charge in [-0.3, -0.25) is 9.59 Å². The van der Waals surface area contributed by atoms with Gasteiger partial charge in [-0.05, 0) is 18.1 Å². The van der Waals surface area contributed by atoms with Crippen LogP contribution >= 0.6 is 0 Å². The molecular formula is C12H13F3N4O3. The van der Waals surface area contributed by atoms with Gasteiger partial charge in [-0.1, -0.05) is 0 Å². The molecule has 0 saturated carbocycles. The SMILES string of the molecule is COC(=O)C1(Cc2cnnc(N)c2)C[C@@H](C(F)(F)F)NC1=O. The van der Waals surface area contributed by atoms with Gasteiger partial charge in [-0.15, -0.1) is 5.10 Å². The first-order valence-corrected chi connectivity index (χ1v) is 6.22. The lowest BCUT2D eigenvalue weighted by Gasteiger charge is -2.23. The van der Waals surface area contributed by atoms with E-state index in [2.05, 4.69) is 14.9 Å². The molecule has 2 rings (SSSR count). The van der Waals surface area contributed by atoms with E-state index in [1.165, 1.54) is 12.3 Å². The number of halogens is 3. The minimum Gasteiger partial charge on any atom is -0.468 e. The summed E-state index contributed by atoms with van der Waals surface area (Å²) in [6.45, 7) is 0. The number of nitrogens with one attached hydrogen (secondary N) is 1. The monoisotopic (exact) mass is 318 g/mol. The maximum absolute atomic E-state index is 12.8. The van der Waals surface area contributed by atoms with Crippen LogP contribution in [-0.2, 0) is 20.7 Å². The first-order valence-electron chi connectivity index (χ1n) is 6.22. The Hall–Kier alpha value is -2.39. The highest BCUT2D eigenvalue weighted by Crippen LogP contribution is 2.40. The molecule has 120 valence electrons. The van der Waals surface area contributed by atoms with E-state index in [0.29, 0.717) is 5.56 Å². The summed E-state index contributed by atoms with van der Waals surface area (Å²) in [5.74, 6) is -2.03. The van der Waals surface area contributed by atoms with Crippen LogP contribution < -0.4 is 11.1 Å². The number of hydrogen-bond donors (Lipinski definition) is 2. The molecular weight excluding hydrogens is 305 g/mol. The Morgan fingerprint density at radius 1 is 1.59 bits per heavy atom. The molecule has 1 fully saturated rings. The number of carbonyl (C=O) groups excluding carboxylic acids is 2. The second-order valence-electron chi connectivity index (χ2n) is 5.01. The number of methoxy groups -OCH3 is 1. The summed E-state index contributed by atoms with van der Waals surface area (Å²) in [5, 5.41) is 8.86. The minimum atomic E-state index is -4.65. The Labute approximate surface area is 123 Å². The van der Waals surface area contributed by atoms with E-state index in [9.17, 15) is 22.8 Å². The van der Waals surface area contributed by atoms with Gasteiger partial charge in [0.15, 0.2) is 5.41 Å². The molecule has 1 aliphatic heterocycles. The van der Waals surface area contributed by atoms with Crippen LogP contribution in [0.15, 0.2) is 12.3 Å². The van der Waals surface area contributed by atoms with Crippen LogP contribution in [-0.4, -0.2) is 41.4 Å². The summed E-state index contributed by atoms with van der Waals surface area (Å²) in [6, 6.07) is -0.766. The normalized spacial score (nSPS) is 24.9. The zero-order valence-electron chi connectivity index (χ0n) is 11.5. The molecule has 0 spiro atoms. The number of nitrogens with zero attached hydrogens (tertiary/aromatic N) is 2. The number of nitrogen functional groups attached to an aromatic ring is 1. The zero-order valence-corrected chi connectivity index (χ0v) is 11.5. The Morgan fingerprint density at radius 3 is 2.77 bits per heavy atom. The summed E-state index contributed by atoms with van der Waals surface area (Å²) >= 11 is 0. The number of alkyl halides is 3. The molecule has 0 aliphatic carbocycles. The lowest BCUT2D eigenvalue weighted by Crippen LogP contribution is -2.42. The van der Waals surface area contributed by atoms with Crippen molar-refractivity contribution in [3.05, 3.63) is 17.8 Å². The van der Waals surface area contributed by atoms with Crippen molar-refractivity contribution in [1.82, 2.24) is 15.5 Å². The van der Waals surface area contributed by atoms with E-state index in [0.717, 1.165) is 7.11 Å². The van der Waals surface area contributed by atoms with Gasteiger partial charge in [0.25, 0.3) is 0 Å². The van der Waals surface area contributed by atoms with Gasteiger partial charge in [0.2, 0.25) is 5.91 Å². The third kappa shape index (κ3) is 2.81. The Bertz CT molecular complexity index is 608. The van der Waals surface area contributed by atoms with Crippen LogP contribution in [0, 0.1) is 5.41 Å². The van der Waals surface area contributed by atoms with Crippen LogP contribution in [0.3, 0.4) is 0 Å². The zero-order chi connectivity index (χ0) is 16.5. The Balaban J connectivity index is 2.38. The largest absolute Gasteiger partial charge is 0.468 e. The van der Waals surface area contributed by atoms with Crippen LogP contribution in [0.4, 0.5) is 19.0 Å².